The zero-order valence-electron chi connectivity index (χ0n) is 12.1. The van der Waals surface area contributed by atoms with Crippen LogP contribution in [0.1, 0.15) is 57.2 Å². The lowest BCUT2D eigenvalue weighted by Crippen LogP contribution is -2.23. The summed E-state index contributed by atoms with van der Waals surface area (Å²) in [7, 11) is 0. The Morgan fingerprint density at radius 2 is 2.06 bits per heavy atom. The van der Waals surface area contributed by atoms with Crippen LogP contribution in [0, 0.1) is 11.8 Å². The van der Waals surface area contributed by atoms with Gasteiger partial charge in [-0.3, -0.25) is 0 Å². The third-order valence-corrected chi connectivity index (χ3v) is 3.66. The number of rotatable bonds is 7. The molecule has 0 heterocycles. The molecule has 0 aliphatic heterocycles. The maximum Gasteiger partial charge on any atom is 0.0348 e. The molecule has 1 heteroatoms. The van der Waals surface area contributed by atoms with Crippen LogP contribution >= 0.6 is 0 Å². The van der Waals surface area contributed by atoms with Gasteiger partial charge >= 0.3 is 0 Å². The van der Waals surface area contributed by atoms with Crippen molar-refractivity contribution in [2.24, 2.45) is 11.8 Å². The van der Waals surface area contributed by atoms with Gasteiger partial charge in [-0.15, -0.1) is 0 Å². The highest BCUT2D eigenvalue weighted by Gasteiger charge is 2.31. The Hall–Kier alpha value is -0.820. The van der Waals surface area contributed by atoms with Crippen molar-refractivity contribution in [2.45, 2.75) is 52.5 Å². The van der Waals surface area contributed by atoms with Gasteiger partial charge in [-0.2, -0.15) is 0 Å². The monoisotopic (exact) mass is 245 g/mol. The van der Waals surface area contributed by atoms with E-state index in [1.165, 1.54) is 36.8 Å². The molecule has 1 aromatic rings. The van der Waals surface area contributed by atoms with Crippen molar-refractivity contribution in [3.05, 3.63) is 35.4 Å². The fourth-order valence-corrected chi connectivity index (χ4v) is 2.67. The Labute approximate surface area is 112 Å². The van der Waals surface area contributed by atoms with Crippen LogP contribution in [0.4, 0.5) is 0 Å². The number of benzene rings is 1. The van der Waals surface area contributed by atoms with Gasteiger partial charge < -0.3 is 5.32 Å². The number of hydrogen-bond acceptors (Lipinski definition) is 1. The predicted molar refractivity (Wildman–Crippen MR) is 78.7 cm³/mol. The summed E-state index contributed by atoms with van der Waals surface area (Å²) >= 11 is 0. The second kappa shape index (κ2) is 6.38. The van der Waals surface area contributed by atoms with Crippen molar-refractivity contribution < 1.29 is 0 Å². The van der Waals surface area contributed by atoms with Gasteiger partial charge in [0.15, 0.2) is 0 Å². The first-order valence-electron chi connectivity index (χ1n) is 7.53. The first kappa shape index (κ1) is 13.6. The molecule has 2 rings (SSSR count). The van der Waals surface area contributed by atoms with E-state index in [0.717, 1.165) is 18.4 Å². The van der Waals surface area contributed by atoms with Gasteiger partial charge in [0.25, 0.3) is 0 Å². The van der Waals surface area contributed by atoms with Gasteiger partial charge in [-0.25, -0.2) is 0 Å². The molecule has 1 N–H and O–H groups in total. The van der Waals surface area contributed by atoms with Crippen molar-refractivity contribution in [2.75, 3.05) is 6.54 Å². The van der Waals surface area contributed by atoms with Gasteiger partial charge in [0.05, 0.1) is 0 Å². The van der Waals surface area contributed by atoms with Crippen LogP contribution in [0.25, 0.3) is 0 Å². The fourth-order valence-electron chi connectivity index (χ4n) is 2.67. The van der Waals surface area contributed by atoms with E-state index in [2.05, 4.69) is 50.4 Å². The summed E-state index contributed by atoms with van der Waals surface area (Å²) in [4.78, 5) is 0. The highest BCUT2D eigenvalue weighted by molar-refractivity contribution is 5.27. The first-order valence-corrected chi connectivity index (χ1v) is 7.53. The lowest BCUT2D eigenvalue weighted by atomic mass is 9.96. The molecule has 1 nitrogen and oxygen atoms in total. The van der Waals surface area contributed by atoms with Crippen molar-refractivity contribution in [1.82, 2.24) is 5.32 Å². The highest BCUT2D eigenvalue weighted by atomic mass is 14.9. The van der Waals surface area contributed by atoms with Crippen LogP contribution in [-0.4, -0.2) is 6.54 Å². The van der Waals surface area contributed by atoms with Crippen molar-refractivity contribution in [3.8, 4) is 0 Å². The van der Waals surface area contributed by atoms with E-state index in [9.17, 15) is 0 Å². The SMILES string of the molecule is CCCNC(c1cccc(CC(C)C)c1)C1CC1. The summed E-state index contributed by atoms with van der Waals surface area (Å²) in [6.45, 7) is 7.96. The Bertz CT molecular complexity index is 366. The van der Waals surface area contributed by atoms with E-state index < -0.39 is 0 Å². The Balaban J connectivity index is 2.08. The normalized spacial score (nSPS) is 17.1. The third kappa shape index (κ3) is 3.84. The topological polar surface area (TPSA) is 12.0 Å². The molecule has 18 heavy (non-hydrogen) atoms. The smallest absolute Gasteiger partial charge is 0.0348 e. The van der Waals surface area contributed by atoms with E-state index in [4.69, 9.17) is 0 Å². The van der Waals surface area contributed by atoms with Crippen LogP contribution in [0.15, 0.2) is 24.3 Å². The van der Waals surface area contributed by atoms with Crippen molar-refractivity contribution >= 4 is 0 Å². The van der Waals surface area contributed by atoms with Crippen LogP contribution in [0.3, 0.4) is 0 Å². The lowest BCUT2D eigenvalue weighted by molar-refractivity contribution is 0.480. The first-order chi connectivity index (χ1) is 8.70. The largest absolute Gasteiger partial charge is 0.310 e. The molecule has 0 aromatic heterocycles. The third-order valence-electron chi connectivity index (χ3n) is 3.66. The molecule has 0 bridgehead atoms. The molecule has 1 unspecified atom stereocenters. The molecule has 100 valence electrons. The molecule has 1 fully saturated rings. The molecule has 0 saturated heterocycles. The van der Waals surface area contributed by atoms with E-state index in [1.54, 1.807) is 0 Å². The minimum atomic E-state index is 0.595. The van der Waals surface area contributed by atoms with Gasteiger partial charge in [0.2, 0.25) is 0 Å². The molecular weight excluding hydrogens is 218 g/mol. The van der Waals surface area contributed by atoms with E-state index >= 15 is 0 Å². The van der Waals surface area contributed by atoms with E-state index in [1.807, 2.05) is 0 Å². The van der Waals surface area contributed by atoms with E-state index in [-0.39, 0.29) is 0 Å². The predicted octanol–water partition coefficient (Wildman–Crippen LogP) is 4.34. The molecular formula is C17H27N. The highest BCUT2D eigenvalue weighted by Crippen LogP contribution is 2.41. The summed E-state index contributed by atoms with van der Waals surface area (Å²) in [6, 6.07) is 9.82. The number of hydrogen-bond donors (Lipinski definition) is 1. The van der Waals surface area contributed by atoms with Crippen LogP contribution in [0.5, 0.6) is 0 Å². The summed E-state index contributed by atoms with van der Waals surface area (Å²) in [5.41, 5.74) is 3.00. The Kier molecular flexibility index (Phi) is 4.82. The number of nitrogens with one attached hydrogen (secondary N) is 1. The zero-order chi connectivity index (χ0) is 13.0. The summed E-state index contributed by atoms with van der Waals surface area (Å²) in [5.74, 6) is 1.62. The Morgan fingerprint density at radius 1 is 1.28 bits per heavy atom. The maximum absolute atomic E-state index is 3.73. The maximum atomic E-state index is 3.73. The lowest BCUT2D eigenvalue weighted by Gasteiger charge is -2.19. The van der Waals surface area contributed by atoms with Gasteiger partial charge in [0.1, 0.15) is 0 Å². The molecule has 0 spiro atoms. The van der Waals surface area contributed by atoms with Crippen LogP contribution < -0.4 is 5.32 Å². The summed E-state index contributed by atoms with van der Waals surface area (Å²) < 4.78 is 0. The van der Waals surface area contributed by atoms with Crippen LogP contribution in [0.2, 0.25) is 0 Å². The van der Waals surface area contributed by atoms with Gasteiger partial charge in [-0.05, 0) is 55.2 Å². The molecule has 0 amide bonds. The summed E-state index contributed by atoms with van der Waals surface area (Å²) in [5, 5.41) is 3.73. The molecule has 0 radical (unpaired) electrons. The molecule has 1 saturated carbocycles. The zero-order valence-corrected chi connectivity index (χ0v) is 12.1. The van der Waals surface area contributed by atoms with Gasteiger partial charge in [-0.1, -0.05) is 45.0 Å². The van der Waals surface area contributed by atoms with Crippen molar-refractivity contribution in [3.63, 3.8) is 0 Å². The average molecular weight is 245 g/mol. The van der Waals surface area contributed by atoms with Gasteiger partial charge in [0, 0.05) is 6.04 Å². The minimum absolute atomic E-state index is 0.595. The summed E-state index contributed by atoms with van der Waals surface area (Å²) in [6.07, 6.45) is 5.21. The second-order valence-corrected chi connectivity index (χ2v) is 6.11. The van der Waals surface area contributed by atoms with Crippen LogP contribution in [-0.2, 0) is 6.42 Å². The van der Waals surface area contributed by atoms with E-state index in [0.29, 0.717) is 6.04 Å². The average Bonchev–Trinajstić information content (AvgIpc) is 3.14. The fraction of sp³-hybridized carbons (Fsp3) is 0.647. The quantitative estimate of drug-likeness (QED) is 0.753. The molecule has 1 atom stereocenters. The molecule has 1 aromatic carbocycles. The standard InChI is InChI=1S/C17H27N/c1-4-10-18-17(15-8-9-15)16-7-5-6-14(12-16)11-13(2)3/h5-7,12-13,15,17-18H,4,8-11H2,1-3H3. The minimum Gasteiger partial charge on any atom is -0.310 e. The molecule has 1 aliphatic carbocycles. The Morgan fingerprint density at radius 3 is 2.67 bits per heavy atom. The molecule has 1 aliphatic rings. The van der Waals surface area contributed by atoms with Crippen molar-refractivity contribution in [1.29, 1.82) is 0 Å². The second-order valence-electron chi connectivity index (χ2n) is 6.11.